The Labute approximate surface area is 186 Å². The molecule has 0 spiro atoms. The van der Waals surface area contributed by atoms with Crippen molar-refractivity contribution in [3.05, 3.63) is 65.2 Å². The van der Waals surface area contributed by atoms with Crippen LogP contribution in [0.25, 0.3) is 0 Å². The Kier molecular flexibility index (Phi) is 11.4. The summed E-state index contributed by atoms with van der Waals surface area (Å²) in [4.78, 5) is 24.9. The van der Waals surface area contributed by atoms with Crippen LogP contribution >= 0.6 is 0 Å². The highest BCUT2D eigenvalue weighted by Gasteiger charge is 2.16. The number of hydrogen-bond acceptors (Lipinski definition) is 4. The number of benzene rings is 2. The van der Waals surface area contributed by atoms with Crippen molar-refractivity contribution < 1.29 is 19.4 Å². The molecule has 0 aliphatic carbocycles. The molecule has 0 bridgehead atoms. The van der Waals surface area contributed by atoms with Crippen LogP contribution in [0.15, 0.2) is 48.5 Å². The fourth-order valence-corrected chi connectivity index (χ4v) is 3.60. The Morgan fingerprint density at radius 3 is 2.16 bits per heavy atom. The van der Waals surface area contributed by atoms with E-state index in [0.29, 0.717) is 18.4 Å². The highest BCUT2D eigenvalue weighted by Crippen LogP contribution is 2.21. The molecule has 0 aliphatic rings. The second kappa shape index (κ2) is 14.4. The van der Waals surface area contributed by atoms with E-state index >= 15 is 0 Å². The average molecular weight is 425 g/mol. The van der Waals surface area contributed by atoms with Gasteiger partial charge in [0.1, 0.15) is 11.3 Å². The van der Waals surface area contributed by atoms with Gasteiger partial charge in [-0.25, -0.2) is 4.79 Å². The lowest BCUT2D eigenvalue weighted by Crippen LogP contribution is -2.10. The minimum Gasteiger partial charge on any atom is -0.507 e. The molecule has 0 aromatic heterocycles. The predicted molar refractivity (Wildman–Crippen MR) is 125 cm³/mol. The number of Topliss-reactive ketones (excluding diaryl/α,β-unsaturated/α-hetero) is 1. The molecule has 0 radical (unpaired) electrons. The molecule has 0 atom stereocenters. The summed E-state index contributed by atoms with van der Waals surface area (Å²) in [5, 5.41) is 10.0. The smallest absolute Gasteiger partial charge is 0.341 e. The van der Waals surface area contributed by atoms with Crippen LogP contribution in [-0.4, -0.2) is 23.5 Å². The molecule has 2 aromatic carbocycles. The van der Waals surface area contributed by atoms with Crippen molar-refractivity contribution in [1.29, 1.82) is 0 Å². The van der Waals surface area contributed by atoms with Crippen LogP contribution in [0.3, 0.4) is 0 Å². The van der Waals surface area contributed by atoms with Crippen LogP contribution in [0.4, 0.5) is 0 Å². The molecule has 0 saturated carbocycles. The van der Waals surface area contributed by atoms with Crippen molar-refractivity contribution in [2.45, 2.75) is 77.6 Å². The minimum absolute atomic E-state index is 0.00119. The first-order chi connectivity index (χ1) is 15.1. The zero-order chi connectivity index (χ0) is 22.3. The zero-order valence-electron chi connectivity index (χ0n) is 18.8. The number of carbonyl (C=O) groups is 2. The van der Waals surface area contributed by atoms with Gasteiger partial charge in [-0.3, -0.25) is 4.79 Å². The zero-order valence-corrected chi connectivity index (χ0v) is 18.8. The standard InChI is InChI=1S/C27H36O4/c1-2-3-4-5-6-7-8-9-13-16-25(28)23-17-18-26(29)24(21-23)27(30)31-20-19-22-14-11-10-12-15-22/h10-12,14-15,17-18,21,29H,2-9,13,16,19-20H2,1H3. The number of carbonyl (C=O) groups excluding carboxylic acids is 2. The van der Waals surface area contributed by atoms with Gasteiger partial charge in [0.05, 0.1) is 6.61 Å². The van der Waals surface area contributed by atoms with Crippen LogP contribution in [0.1, 0.15) is 97.4 Å². The lowest BCUT2D eigenvalue weighted by Gasteiger charge is -2.08. The number of phenolic OH excluding ortho intramolecular Hbond substituents is 1. The minimum atomic E-state index is -0.605. The number of rotatable bonds is 15. The monoisotopic (exact) mass is 424 g/mol. The third kappa shape index (κ3) is 9.37. The van der Waals surface area contributed by atoms with Gasteiger partial charge in [-0.05, 0) is 30.2 Å². The van der Waals surface area contributed by atoms with Crippen LogP contribution in [0.5, 0.6) is 5.75 Å². The molecule has 4 heteroatoms. The molecule has 0 saturated heterocycles. The first-order valence-electron chi connectivity index (χ1n) is 11.7. The van der Waals surface area contributed by atoms with Gasteiger partial charge in [-0.2, -0.15) is 0 Å². The normalized spacial score (nSPS) is 10.7. The fourth-order valence-electron chi connectivity index (χ4n) is 3.60. The summed E-state index contributed by atoms with van der Waals surface area (Å²) in [5.41, 5.74) is 1.57. The molecule has 0 aliphatic heterocycles. The molecular formula is C27H36O4. The van der Waals surface area contributed by atoms with Gasteiger partial charge in [-0.1, -0.05) is 88.6 Å². The number of ketones is 1. The summed E-state index contributed by atoms with van der Waals surface area (Å²) >= 11 is 0. The first kappa shape index (κ1) is 24.6. The first-order valence-corrected chi connectivity index (χ1v) is 11.7. The molecular weight excluding hydrogens is 388 g/mol. The van der Waals surface area contributed by atoms with E-state index < -0.39 is 5.97 Å². The Balaban J connectivity index is 1.73. The molecule has 2 aromatic rings. The van der Waals surface area contributed by atoms with E-state index in [9.17, 15) is 14.7 Å². The van der Waals surface area contributed by atoms with E-state index in [2.05, 4.69) is 6.92 Å². The van der Waals surface area contributed by atoms with Crippen LogP contribution < -0.4 is 0 Å². The highest BCUT2D eigenvalue weighted by atomic mass is 16.5. The van der Waals surface area contributed by atoms with Gasteiger partial charge in [0.25, 0.3) is 0 Å². The maximum Gasteiger partial charge on any atom is 0.341 e. The van der Waals surface area contributed by atoms with E-state index in [0.717, 1.165) is 24.8 Å². The van der Waals surface area contributed by atoms with Crippen molar-refractivity contribution >= 4 is 11.8 Å². The SMILES string of the molecule is CCCCCCCCCCCC(=O)c1ccc(O)c(C(=O)OCCc2ccccc2)c1. The summed E-state index contributed by atoms with van der Waals surface area (Å²) in [6.07, 6.45) is 11.9. The number of aromatic hydroxyl groups is 1. The Morgan fingerprint density at radius 1 is 0.839 bits per heavy atom. The number of ether oxygens (including phenoxy) is 1. The fraction of sp³-hybridized carbons (Fsp3) is 0.481. The summed E-state index contributed by atoms with van der Waals surface area (Å²) in [7, 11) is 0. The Hall–Kier alpha value is -2.62. The Morgan fingerprint density at radius 2 is 1.48 bits per heavy atom. The van der Waals surface area contributed by atoms with Crippen molar-refractivity contribution in [3.8, 4) is 5.75 Å². The highest BCUT2D eigenvalue weighted by molar-refractivity contribution is 6.00. The number of unbranched alkanes of at least 4 members (excludes halogenated alkanes) is 8. The molecule has 168 valence electrons. The van der Waals surface area contributed by atoms with Gasteiger partial charge < -0.3 is 9.84 Å². The summed E-state index contributed by atoms with van der Waals surface area (Å²) in [6.45, 7) is 2.45. The number of hydrogen-bond donors (Lipinski definition) is 1. The van der Waals surface area contributed by atoms with Crippen LogP contribution in [0, 0.1) is 0 Å². The molecule has 0 amide bonds. The lowest BCUT2D eigenvalue weighted by atomic mass is 10.0. The van der Waals surface area contributed by atoms with Gasteiger partial charge in [0.2, 0.25) is 0 Å². The third-order valence-corrected chi connectivity index (χ3v) is 5.51. The molecule has 1 N–H and O–H groups in total. The molecule has 0 heterocycles. The summed E-state index contributed by atoms with van der Waals surface area (Å²) in [5.74, 6) is -0.767. The second-order valence-electron chi connectivity index (χ2n) is 8.11. The summed E-state index contributed by atoms with van der Waals surface area (Å²) < 4.78 is 5.30. The predicted octanol–water partition coefficient (Wildman–Crippen LogP) is 6.90. The van der Waals surface area contributed by atoms with Gasteiger partial charge in [0, 0.05) is 18.4 Å². The Bertz CT molecular complexity index is 798. The second-order valence-corrected chi connectivity index (χ2v) is 8.11. The van der Waals surface area contributed by atoms with Gasteiger partial charge in [-0.15, -0.1) is 0 Å². The van der Waals surface area contributed by atoms with Crippen molar-refractivity contribution in [2.75, 3.05) is 6.61 Å². The third-order valence-electron chi connectivity index (χ3n) is 5.51. The van der Waals surface area contributed by atoms with E-state index in [1.165, 1.54) is 50.7 Å². The van der Waals surface area contributed by atoms with E-state index in [-0.39, 0.29) is 23.7 Å². The molecule has 4 nitrogen and oxygen atoms in total. The maximum absolute atomic E-state index is 12.5. The van der Waals surface area contributed by atoms with Crippen LogP contribution in [0.2, 0.25) is 0 Å². The van der Waals surface area contributed by atoms with E-state index in [4.69, 9.17) is 4.74 Å². The number of phenols is 1. The molecule has 31 heavy (non-hydrogen) atoms. The molecule has 2 rings (SSSR count). The quantitative estimate of drug-likeness (QED) is 0.192. The molecule has 0 unspecified atom stereocenters. The van der Waals surface area contributed by atoms with Crippen LogP contribution in [-0.2, 0) is 11.2 Å². The van der Waals surface area contributed by atoms with E-state index in [1.54, 1.807) is 6.07 Å². The number of esters is 1. The van der Waals surface area contributed by atoms with E-state index in [1.807, 2.05) is 30.3 Å². The van der Waals surface area contributed by atoms with Gasteiger partial charge in [0.15, 0.2) is 5.78 Å². The van der Waals surface area contributed by atoms with Gasteiger partial charge >= 0.3 is 5.97 Å². The van der Waals surface area contributed by atoms with Crippen molar-refractivity contribution in [1.82, 2.24) is 0 Å². The topological polar surface area (TPSA) is 63.6 Å². The average Bonchev–Trinajstić information content (AvgIpc) is 2.78. The molecule has 0 fully saturated rings. The van der Waals surface area contributed by atoms with Crippen molar-refractivity contribution in [2.24, 2.45) is 0 Å². The van der Waals surface area contributed by atoms with Crippen molar-refractivity contribution in [3.63, 3.8) is 0 Å². The lowest BCUT2D eigenvalue weighted by molar-refractivity contribution is 0.0506. The summed E-state index contributed by atoms with van der Waals surface area (Å²) in [6, 6.07) is 14.2. The maximum atomic E-state index is 12.5. The largest absolute Gasteiger partial charge is 0.507 e.